The number of thiophene rings is 1. The van der Waals surface area contributed by atoms with Crippen LogP contribution in [0.3, 0.4) is 0 Å². The van der Waals surface area contributed by atoms with Crippen molar-refractivity contribution in [1.82, 2.24) is 5.32 Å². The topological polar surface area (TPSA) is 55.1 Å². The number of carbonyl (C=O) groups excluding carboxylic acids is 1. The zero-order valence-electron chi connectivity index (χ0n) is 9.81. The van der Waals surface area contributed by atoms with Crippen molar-refractivity contribution in [2.45, 2.75) is 13.0 Å². The van der Waals surface area contributed by atoms with E-state index in [1.807, 2.05) is 24.4 Å². The highest BCUT2D eigenvalue weighted by molar-refractivity contribution is 7.10. The molecule has 0 saturated heterocycles. The minimum Gasteiger partial charge on any atom is -0.399 e. The van der Waals surface area contributed by atoms with Gasteiger partial charge in [-0.15, -0.1) is 11.3 Å². The van der Waals surface area contributed by atoms with Crippen LogP contribution in [-0.2, 0) is 0 Å². The molecule has 1 atom stereocenters. The molecule has 0 saturated carbocycles. The van der Waals surface area contributed by atoms with Crippen LogP contribution in [0, 0.1) is 5.82 Å². The molecule has 0 aliphatic heterocycles. The van der Waals surface area contributed by atoms with E-state index in [2.05, 4.69) is 5.32 Å². The van der Waals surface area contributed by atoms with Crippen molar-refractivity contribution in [3.05, 3.63) is 52.0 Å². The second-order valence-electron chi connectivity index (χ2n) is 3.95. The first-order valence-electron chi connectivity index (χ1n) is 5.47. The minimum absolute atomic E-state index is 0.0293. The van der Waals surface area contributed by atoms with Gasteiger partial charge >= 0.3 is 0 Å². The second-order valence-corrected chi connectivity index (χ2v) is 4.93. The number of hydrogen-bond donors (Lipinski definition) is 2. The number of benzene rings is 1. The van der Waals surface area contributed by atoms with E-state index in [0.29, 0.717) is 5.69 Å². The summed E-state index contributed by atoms with van der Waals surface area (Å²) in [5.74, 6) is -1.03. The first-order chi connectivity index (χ1) is 8.58. The van der Waals surface area contributed by atoms with Gasteiger partial charge in [0.15, 0.2) is 0 Å². The predicted octanol–water partition coefficient (Wildman–Crippen LogP) is 2.96. The van der Waals surface area contributed by atoms with E-state index in [1.54, 1.807) is 11.3 Å². The molecular formula is C13H13FN2OS. The molecule has 0 spiro atoms. The molecule has 0 aliphatic rings. The molecule has 3 nitrogen and oxygen atoms in total. The number of carbonyl (C=O) groups is 1. The Morgan fingerprint density at radius 3 is 2.89 bits per heavy atom. The first-order valence-corrected chi connectivity index (χ1v) is 6.35. The third-order valence-electron chi connectivity index (χ3n) is 2.55. The van der Waals surface area contributed by atoms with Gasteiger partial charge in [0.05, 0.1) is 11.6 Å². The number of rotatable bonds is 3. The summed E-state index contributed by atoms with van der Waals surface area (Å²) in [5, 5.41) is 4.67. The molecule has 0 radical (unpaired) electrons. The maximum absolute atomic E-state index is 13.5. The highest BCUT2D eigenvalue weighted by Crippen LogP contribution is 2.19. The van der Waals surface area contributed by atoms with Gasteiger partial charge in [-0.25, -0.2) is 4.39 Å². The van der Waals surface area contributed by atoms with Gasteiger partial charge in [-0.3, -0.25) is 4.79 Å². The first kappa shape index (κ1) is 12.6. The fourth-order valence-corrected chi connectivity index (χ4v) is 2.33. The summed E-state index contributed by atoms with van der Waals surface area (Å²) >= 11 is 1.54. The fraction of sp³-hybridized carbons (Fsp3) is 0.154. The molecule has 94 valence electrons. The average molecular weight is 264 g/mol. The van der Waals surface area contributed by atoms with Crippen LogP contribution in [0.4, 0.5) is 10.1 Å². The zero-order chi connectivity index (χ0) is 13.1. The summed E-state index contributed by atoms with van der Waals surface area (Å²) in [6.07, 6.45) is 0. The van der Waals surface area contributed by atoms with Gasteiger partial charge in [0.25, 0.3) is 5.91 Å². The molecule has 0 fully saturated rings. The molecule has 0 aliphatic carbocycles. The second kappa shape index (κ2) is 5.18. The summed E-state index contributed by atoms with van der Waals surface area (Å²) in [6.45, 7) is 1.86. The molecular weight excluding hydrogens is 251 g/mol. The Labute approximate surface area is 108 Å². The number of hydrogen-bond acceptors (Lipinski definition) is 3. The van der Waals surface area contributed by atoms with Gasteiger partial charge in [0, 0.05) is 10.6 Å². The van der Waals surface area contributed by atoms with Crippen LogP contribution >= 0.6 is 11.3 Å². The normalized spacial score (nSPS) is 12.1. The van der Waals surface area contributed by atoms with Crippen LogP contribution < -0.4 is 11.1 Å². The van der Waals surface area contributed by atoms with E-state index in [0.717, 1.165) is 4.88 Å². The predicted molar refractivity (Wildman–Crippen MR) is 71.0 cm³/mol. The molecule has 1 aromatic carbocycles. The van der Waals surface area contributed by atoms with Gasteiger partial charge in [0.1, 0.15) is 5.82 Å². The van der Waals surface area contributed by atoms with Crippen LogP contribution in [0.2, 0.25) is 0 Å². The summed E-state index contributed by atoms with van der Waals surface area (Å²) in [5.41, 5.74) is 5.88. The van der Waals surface area contributed by atoms with Crippen molar-refractivity contribution in [1.29, 1.82) is 0 Å². The highest BCUT2D eigenvalue weighted by atomic mass is 32.1. The molecule has 1 amide bonds. The van der Waals surface area contributed by atoms with E-state index < -0.39 is 11.7 Å². The Hall–Kier alpha value is -1.88. The van der Waals surface area contributed by atoms with Gasteiger partial charge in [-0.2, -0.15) is 0 Å². The van der Waals surface area contributed by atoms with E-state index >= 15 is 0 Å². The molecule has 1 aromatic heterocycles. The lowest BCUT2D eigenvalue weighted by molar-refractivity contribution is 0.0936. The van der Waals surface area contributed by atoms with Gasteiger partial charge in [-0.1, -0.05) is 6.07 Å². The van der Waals surface area contributed by atoms with E-state index in [1.165, 1.54) is 18.2 Å². The SMILES string of the molecule is CC(NC(=O)c1cc(N)ccc1F)c1cccs1. The molecule has 18 heavy (non-hydrogen) atoms. The number of anilines is 1. The number of nitrogens with one attached hydrogen (secondary N) is 1. The number of halogens is 1. The molecule has 2 aromatic rings. The molecule has 5 heteroatoms. The lowest BCUT2D eigenvalue weighted by Crippen LogP contribution is -2.27. The largest absolute Gasteiger partial charge is 0.399 e. The maximum Gasteiger partial charge on any atom is 0.254 e. The smallest absolute Gasteiger partial charge is 0.254 e. The Kier molecular flexibility index (Phi) is 3.62. The van der Waals surface area contributed by atoms with Gasteiger partial charge in [-0.05, 0) is 36.6 Å². The number of amides is 1. The van der Waals surface area contributed by atoms with Crippen LogP contribution in [0.5, 0.6) is 0 Å². The Balaban J connectivity index is 2.15. The van der Waals surface area contributed by atoms with Crippen molar-refractivity contribution in [2.24, 2.45) is 0 Å². The monoisotopic (exact) mass is 264 g/mol. The van der Waals surface area contributed by atoms with Crippen LogP contribution in [-0.4, -0.2) is 5.91 Å². The third kappa shape index (κ3) is 2.68. The lowest BCUT2D eigenvalue weighted by atomic mass is 10.1. The molecule has 1 heterocycles. The van der Waals surface area contributed by atoms with E-state index in [-0.39, 0.29) is 11.6 Å². The molecule has 1 unspecified atom stereocenters. The van der Waals surface area contributed by atoms with Crippen molar-refractivity contribution in [3.8, 4) is 0 Å². The summed E-state index contributed by atoms with van der Waals surface area (Å²) in [4.78, 5) is 12.9. The standard InChI is InChI=1S/C13H13FN2OS/c1-8(12-3-2-6-18-12)16-13(17)10-7-9(15)4-5-11(10)14/h2-8H,15H2,1H3,(H,16,17). The van der Waals surface area contributed by atoms with Gasteiger partial charge in [0.2, 0.25) is 0 Å². The summed E-state index contributed by atoms with van der Waals surface area (Å²) in [7, 11) is 0. The Morgan fingerprint density at radius 1 is 1.44 bits per heavy atom. The average Bonchev–Trinajstić information content (AvgIpc) is 2.85. The zero-order valence-corrected chi connectivity index (χ0v) is 10.6. The van der Waals surface area contributed by atoms with Crippen molar-refractivity contribution < 1.29 is 9.18 Å². The van der Waals surface area contributed by atoms with Crippen molar-refractivity contribution in [2.75, 3.05) is 5.73 Å². The number of nitrogens with two attached hydrogens (primary N) is 1. The van der Waals surface area contributed by atoms with Crippen LogP contribution in [0.1, 0.15) is 28.2 Å². The summed E-state index contributed by atoms with van der Waals surface area (Å²) < 4.78 is 13.5. The molecule has 0 bridgehead atoms. The Morgan fingerprint density at radius 2 is 2.22 bits per heavy atom. The maximum atomic E-state index is 13.5. The minimum atomic E-state index is -0.569. The van der Waals surface area contributed by atoms with Crippen LogP contribution in [0.15, 0.2) is 35.7 Å². The molecule has 2 rings (SSSR count). The van der Waals surface area contributed by atoms with Crippen molar-refractivity contribution in [3.63, 3.8) is 0 Å². The fourth-order valence-electron chi connectivity index (χ4n) is 1.60. The summed E-state index contributed by atoms with van der Waals surface area (Å²) in [6, 6.07) is 7.63. The quantitative estimate of drug-likeness (QED) is 0.837. The van der Waals surface area contributed by atoms with E-state index in [4.69, 9.17) is 5.73 Å². The van der Waals surface area contributed by atoms with Crippen molar-refractivity contribution >= 4 is 22.9 Å². The van der Waals surface area contributed by atoms with Gasteiger partial charge < -0.3 is 11.1 Å². The lowest BCUT2D eigenvalue weighted by Gasteiger charge is -2.12. The third-order valence-corrected chi connectivity index (χ3v) is 3.61. The number of nitrogen functional groups attached to an aromatic ring is 1. The highest BCUT2D eigenvalue weighted by Gasteiger charge is 2.15. The van der Waals surface area contributed by atoms with E-state index in [9.17, 15) is 9.18 Å². The Bertz CT molecular complexity index is 554. The molecule has 3 N–H and O–H groups in total. The van der Waals surface area contributed by atoms with Crippen LogP contribution in [0.25, 0.3) is 0 Å².